The highest BCUT2D eigenvalue weighted by Gasteiger charge is 2.03. The van der Waals surface area contributed by atoms with Crippen LogP contribution in [-0.4, -0.2) is 94.7 Å². The Kier molecular flexibility index (Phi) is 13.8. The fourth-order valence-electron chi connectivity index (χ4n) is 6.61. The average molecular weight is 884 g/mol. The molecule has 11 heterocycles. The normalized spacial score (nSPS) is 10.7. The molecule has 0 aliphatic rings. The van der Waals surface area contributed by atoms with E-state index in [0.717, 1.165) is 119 Å². The minimum Gasteiger partial charge on any atom is -0.342 e. The van der Waals surface area contributed by atoms with E-state index in [1.807, 2.05) is 119 Å². The summed E-state index contributed by atoms with van der Waals surface area (Å²) < 4.78 is 0. The quantitative estimate of drug-likeness (QED) is 0.0832. The Balaban J connectivity index is 0.000000118. The molecule has 0 bridgehead atoms. The number of nitrogens with one attached hydrogen (secondary N) is 6. The van der Waals surface area contributed by atoms with Gasteiger partial charge >= 0.3 is 0 Å². The van der Waals surface area contributed by atoms with Crippen LogP contribution in [0, 0.1) is 83.1 Å². The molecule has 1 aromatic carbocycles. The first-order valence-electron chi connectivity index (χ1n) is 21.2. The van der Waals surface area contributed by atoms with Crippen molar-refractivity contribution in [3.05, 3.63) is 136 Å². The zero-order chi connectivity index (χ0) is 47.1. The van der Waals surface area contributed by atoms with Gasteiger partial charge in [0.05, 0.1) is 63.1 Å². The minimum atomic E-state index is 0.688. The molecule has 0 saturated carbocycles. The van der Waals surface area contributed by atoms with Crippen molar-refractivity contribution < 1.29 is 0 Å². The number of nitrogens with zero attached hydrogens (tertiary/aromatic N) is 13. The molecule has 12 aromatic rings. The Bertz CT molecular complexity index is 2940. The van der Waals surface area contributed by atoms with E-state index in [-0.39, 0.29) is 0 Å². The lowest BCUT2D eigenvalue weighted by Crippen LogP contribution is -1.84. The molecule has 0 aliphatic heterocycles. The number of benzene rings is 1. The maximum atomic E-state index is 4.30. The van der Waals surface area contributed by atoms with Crippen LogP contribution in [0.2, 0.25) is 0 Å². The first kappa shape index (κ1) is 45.7. The number of imidazole rings is 6. The first-order chi connectivity index (χ1) is 31.5. The molecule has 19 heteroatoms. The third-order valence-corrected chi connectivity index (χ3v) is 9.47. The number of aromatic amines is 6. The highest BCUT2D eigenvalue weighted by atomic mass is 15.1. The van der Waals surface area contributed by atoms with Gasteiger partial charge in [-0.2, -0.15) is 0 Å². The van der Waals surface area contributed by atoms with Gasteiger partial charge in [0.25, 0.3) is 0 Å². The Morgan fingerprint density at radius 1 is 0.288 bits per heavy atom. The van der Waals surface area contributed by atoms with Crippen molar-refractivity contribution in [2.24, 2.45) is 0 Å². The highest BCUT2D eigenvalue weighted by Crippen LogP contribution is 2.14. The Hall–Kier alpha value is -8.35. The van der Waals surface area contributed by atoms with Gasteiger partial charge in [-0.15, -0.1) is 0 Å². The molecule has 6 N–H and O–H groups in total. The van der Waals surface area contributed by atoms with Gasteiger partial charge in [-0.05, 0) is 131 Å². The third kappa shape index (κ3) is 12.0. The monoisotopic (exact) mass is 883 g/mol. The summed E-state index contributed by atoms with van der Waals surface area (Å²) in [5.41, 5.74) is 17.0. The van der Waals surface area contributed by atoms with Gasteiger partial charge in [-0.25, -0.2) is 59.8 Å². The molecule has 0 atom stereocenters. The smallest absolute Gasteiger partial charge is 0.197 e. The van der Waals surface area contributed by atoms with Crippen LogP contribution >= 0.6 is 0 Å². The van der Waals surface area contributed by atoms with E-state index in [1.165, 1.54) is 5.56 Å². The van der Waals surface area contributed by atoms with Crippen molar-refractivity contribution in [2.75, 3.05) is 0 Å². The molecule has 0 saturated heterocycles. The summed E-state index contributed by atoms with van der Waals surface area (Å²) in [5.74, 6) is 5.45. The number of aromatic nitrogens is 19. The van der Waals surface area contributed by atoms with Crippen LogP contribution in [0.15, 0.2) is 67.3 Å². The lowest BCUT2D eigenvalue weighted by Gasteiger charge is -1.89. The molecule has 19 nitrogen and oxygen atoms in total. The molecule has 336 valence electrons. The molecule has 0 unspecified atom stereocenters. The van der Waals surface area contributed by atoms with Gasteiger partial charge in [0.1, 0.15) is 34.9 Å². The highest BCUT2D eigenvalue weighted by molar-refractivity contribution is 5.76. The molecular weight excluding hydrogens is 831 g/mol. The van der Waals surface area contributed by atoms with Crippen LogP contribution in [0.25, 0.3) is 67.0 Å². The van der Waals surface area contributed by atoms with E-state index in [9.17, 15) is 0 Å². The molecule has 11 aromatic heterocycles. The summed E-state index contributed by atoms with van der Waals surface area (Å²) in [7, 11) is 0. The van der Waals surface area contributed by atoms with Gasteiger partial charge in [0.2, 0.25) is 0 Å². The SMILES string of the molecule is Cc1cc2nc(C)[nH]c2cn1.Cc1ccc2[nH]c(C)nc2n1.Cc1ccc2nc(C)[nH]c2c1.Cc1cnc2nc(C)[nH]c2c1.Cc1cnc2nc(C)[nH]c2n1.Cc1cnc2nc(C)[nH]c2n1. The predicted molar refractivity (Wildman–Crippen MR) is 258 cm³/mol. The van der Waals surface area contributed by atoms with Crippen molar-refractivity contribution in [1.82, 2.24) is 94.7 Å². The summed E-state index contributed by atoms with van der Waals surface area (Å²) >= 11 is 0. The van der Waals surface area contributed by atoms with E-state index in [0.29, 0.717) is 11.3 Å². The molecule has 0 aliphatic carbocycles. The van der Waals surface area contributed by atoms with E-state index in [2.05, 4.69) is 114 Å². The fourth-order valence-corrected chi connectivity index (χ4v) is 6.61. The predicted octanol–water partition coefficient (Wildman–Crippen LogP) is 8.84. The summed E-state index contributed by atoms with van der Waals surface area (Å²) in [6.45, 7) is 23.4. The minimum absolute atomic E-state index is 0.688. The third-order valence-electron chi connectivity index (χ3n) is 9.47. The Labute approximate surface area is 379 Å². The second-order valence-electron chi connectivity index (χ2n) is 15.9. The average Bonchev–Trinajstić information content (AvgIpc) is 4.11. The fraction of sp³-hybridized carbons (Fsp3) is 0.255. The van der Waals surface area contributed by atoms with Gasteiger partial charge in [0, 0.05) is 17.6 Å². The summed E-state index contributed by atoms with van der Waals surface area (Å²) in [5, 5.41) is 0. The van der Waals surface area contributed by atoms with Crippen molar-refractivity contribution in [3.8, 4) is 0 Å². The van der Waals surface area contributed by atoms with E-state index >= 15 is 0 Å². The molecule has 66 heavy (non-hydrogen) atoms. The largest absolute Gasteiger partial charge is 0.342 e. The number of rotatable bonds is 0. The summed E-state index contributed by atoms with van der Waals surface area (Å²) in [6.07, 6.45) is 7.05. The van der Waals surface area contributed by atoms with Gasteiger partial charge in [-0.3, -0.25) is 4.98 Å². The standard InChI is InChI=1S/C9H10N2.3C8H9N3.2C7H8N4/c1-6-3-4-8-9(5-6)11-7(2)10-8;1-5-3-7-8(4-9-5)11-6(2)10-7;1-5-3-7-8(9-4-5)11-6(2)10-7;1-5-3-4-7-8(9-5)11-6(2)10-7;2*1-4-3-8-6-7(9-4)11-5(2)10-6/h3-5H,1-2H3,(H,10,11);3-4H,1-2H3,(H,10,11);2*3-4H,1-2H3,(H,9,10,11);2*3H,1-2H3,(H,8,9,10,11). The number of hydrogen-bond donors (Lipinski definition) is 6. The van der Waals surface area contributed by atoms with Crippen LogP contribution < -0.4 is 0 Å². The summed E-state index contributed by atoms with van der Waals surface area (Å²) in [6, 6.07) is 14.2. The van der Waals surface area contributed by atoms with E-state index in [4.69, 9.17) is 0 Å². The number of fused-ring (bicyclic) bond motifs is 6. The topological polar surface area (TPSA) is 262 Å². The van der Waals surface area contributed by atoms with Gasteiger partial charge in [0.15, 0.2) is 33.9 Å². The molecule has 0 fully saturated rings. The van der Waals surface area contributed by atoms with E-state index < -0.39 is 0 Å². The van der Waals surface area contributed by atoms with Crippen LogP contribution in [0.3, 0.4) is 0 Å². The molecule has 0 radical (unpaired) electrons. The molecule has 0 spiro atoms. The van der Waals surface area contributed by atoms with Crippen molar-refractivity contribution in [3.63, 3.8) is 0 Å². The Morgan fingerprint density at radius 3 is 1.44 bits per heavy atom. The van der Waals surface area contributed by atoms with Gasteiger partial charge in [-0.1, -0.05) is 6.07 Å². The number of pyridine rings is 3. The zero-order valence-corrected chi connectivity index (χ0v) is 39.2. The first-order valence-corrected chi connectivity index (χ1v) is 21.2. The maximum Gasteiger partial charge on any atom is 0.197 e. The second kappa shape index (κ2) is 20.0. The van der Waals surface area contributed by atoms with Crippen LogP contribution in [0.4, 0.5) is 0 Å². The molecule has 12 rings (SSSR count). The van der Waals surface area contributed by atoms with Crippen molar-refractivity contribution in [2.45, 2.75) is 83.1 Å². The van der Waals surface area contributed by atoms with Crippen LogP contribution in [0.1, 0.15) is 68.8 Å². The molecule has 0 amide bonds. The van der Waals surface area contributed by atoms with Crippen molar-refractivity contribution in [1.29, 1.82) is 0 Å². The van der Waals surface area contributed by atoms with Crippen LogP contribution in [0.5, 0.6) is 0 Å². The van der Waals surface area contributed by atoms with Gasteiger partial charge < -0.3 is 29.9 Å². The van der Waals surface area contributed by atoms with E-state index in [1.54, 1.807) is 12.4 Å². The zero-order valence-electron chi connectivity index (χ0n) is 39.2. The molecular formula is C47H53N19. The summed E-state index contributed by atoms with van der Waals surface area (Å²) in [4.78, 5) is 73.0. The lowest BCUT2D eigenvalue weighted by molar-refractivity contribution is 1.15. The second-order valence-corrected chi connectivity index (χ2v) is 15.9. The Morgan fingerprint density at radius 2 is 0.788 bits per heavy atom. The number of hydrogen-bond acceptors (Lipinski definition) is 13. The van der Waals surface area contributed by atoms with Crippen molar-refractivity contribution >= 4 is 67.0 Å². The number of aryl methyl sites for hydroxylation is 12. The van der Waals surface area contributed by atoms with Crippen LogP contribution in [-0.2, 0) is 0 Å². The number of H-pyrrole nitrogens is 6. The lowest BCUT2D eigenvalue weighted by atomic mass is 10.2. The maximum absolute atomic E-state index is 4.30.